The smallest absolute Gasteiger partial charge is 0.141 e. The highest BCUT2D eigenvalue weighted by Gasteiger charge is 2.17. The Kier molecular flexibility index (Phi) is 7.11. The number of piperazine rings is 1. The number of halogens is 2. The van der Waals surface area contributed by atoms with E-state index < -0.39 is 5.82 Å². The fraction of sp³-hybridized carbons (Fsp3) is 0.385. The SMILES string of the molecule is Fc1ccc(Nc2cc(-c3ccnc(NC4CCCCC4)c3)nc(N3CCNCC3)c2)cc1Cl. The van der Waals surface area contributed by atoms with Gasteiger partial charge in [-0.1, -0.05) is 30.9 Å². The van der Waals surface area contributed by atoms with Crippen molar-refractivity contribution in [2.24, 2.45) is 0 Å². The van der Waals surface area contributed by atoms with Crippen LogP contribution in [0.4, 0.5) is 27.4 Å². The second kappa shape index (κ2) is 10.6. The van der Waals surface area contributed by atoms with Gasteiger partial charge in [0.05, 0.1) is 10.7 Å². The van der Waals surface area contributed by atoms with Crippen molar-refractivity contribution in [1.29, 1.82) is 0 Å². The number of nitrogens with one attached hydrogen (secondary N) is 3. The molecule has 2 aliphatic rings. The predicted octanol–water partition coefficient (Wildman–Crippen LogP) is 5.83. The van der Waals surface area contributed by atoms with Crippen LogP contribution in [0.3, 0.4) is 0 Å². The second-order valence-electron chi connectivity index (χ2n) is 9.00. The van der Waals surface area contributed by atoms with E-state index in [9.17, 15) is 4.39 Å². The molecule has 3 heterocycles. The molecular formula is C26H30ClFN6. The number of benzene rings is 1. The van der Waals surface area contributed by atoms with Crippen LogP contribution in [0.2, 0.25) is 5.02 Å². The Bertz CT molecular complexity index is 1130. The first-order chi connectivity index (χ1) is 16.6. The maximum Gasteiger partial charge on any atom is 0.141 e. The fourth-order valence-corrected chi connectivity index (χ4v) is 4.84. The Morgan fingerprint density at radius 1 is 0.971 bits per heavy atom. The third-order valence-corrected chi connectivity index (χ3v) is 6.76. The van der Waals surface area contributed by atoms with Crippen LogP contribution in [0.1, 0.15) is 32.1 Å². The lowest BCUT2D eigenvalue weighted by molar-refractivity contribution is 0.462. The van der Waals surface area contributed by atoms with Crippen LogP contribution in [-0.2, 0) is 0 Å². The molecule has 1 saturated carbocycles. The van der Waals surface area contributed by atoms with Crippen molar-refractivity contribution in [2.45, 2.75) is 38.1 Å². The molecule has 1 aliphatic carbocycles. The van der Waals surface area contributed by atoms with Crippen LogP contribution in [-0.4, -0.2) is 42.2 Å². The molecule has 1 saturated heterocycles. The van der Waals surface area contributed by atoms with E-state index in [1.807, 2.05) is 24.4 Å². The van der Waals surface area contributed by atoms with Gasteiger partial charge in [-0.25, -0.2) is 14.4 Å². The van der Waals surface area contributed by atoms with Crippen molar-refractivity contribution in [1.82, 2.24) is 15.3 Å². The van der Waals surface area contributed by atoms with Gasteiger partial charge in [-0.05, 0) is 49.2 Å². The van der Waals surface area contributed by atoms with Crippen molar-refractivity contribution in [3.05, 3.63) is 59.5 Å². The van der Waals surface area contributed by atoms with Crippen LogP contribution in [0.25, 0.3) is 11.3 Å². The summed E-state index contributed by atoms with van der Waals surface area (Å²) in [7, 11) is 0. The highest BCUT2D eigenvalue weighted by atomic mass is 35.5. The minimum Gasteiger partial charge on any atom is -0.367 e. The molecular weight excluding hydrogens is 451 g/mol. The van der Waals surface area contributed by atoms with Crippen molar-refractivity contribution in [2.75, 3.05) is 41.7 Å². The van der Waals surface area contributed by atoms with Crippen molar-refractivity contribution < 1.29 is 4.39 Å². The summed E-state index contributed by atoms with van der Waals surface area (Å²) in [4.78, 5) is 11.8. The third kappa shape index (κ3) is 5.59. The van der Waals surface area contributed by atoms with Gasteiger partial charge in [-0.15, -0.1) is 0 Å². The molecule has 3 aromatic rings. The van der Waals surface area contributed by atoms with Gasteiger partial charge in [0.25, 0.3) is 0 Å². The Morgan fingerprint density at radius 3 is 2.59 bits per heavy atom. The van der Waals surface area contributed by atoms with Gasteiger partial charge < -0.3 is 20.9 Å². The minimum absolute atomic E-state index is 0.0918. The van der Waals surface area contributed by atoms with Crippen LogP contribution in [0.15, 0.2) is 48.7 Å². The molecule has 0 unspecified atom stereocenters. The molecule has 178 valence electrons. The van der Waals surface area contributed by atoms with Gasteiger partial charge in [0.2, 0.25) is 0 Å². The number of hydrogen-bond donors (Lipinski definition) is 3. The summed E-state index contributed by atoms with van der Waals surface area (Å²) in [5.74, 6) is 1.37. The lowest BCUT2D eigenvalue weighted by Gasteiger charge is -2.29. The average Bonchev–Trinajstić information content (AvgIpc) is 2.87. The van der Waals surface area contributed by atoms with Gasteiger partial charge in [0.15, 0.2) is 0 Å². The summed E-state index contributed by atoms with van der Waals surface area (Å²) in [6.07, 6.45) is 8.09. The van der Waals surface area contributed by atoms with Crippen LogP contribution < -0.4 is 20.9 Å². The normalized spacial score (nSPS) is 16.9. The topological polar surface area (TPSA) is 65.1 Å². The Morgan fingerprint density at radius 2 is 1.79 bits per heavy atom. The summed E-state index contributed by atoms with van der Waals surface area (Å²) in [5.41, 5.74) is 3.47. The number of pyridine rings is 2. The maximum absolute atomic E-state index is 13.6. The molecule has 0 atom stereocenters. The van der Waals surface area contributed by atoms with E-state index in [2.05, 4.69) is 31.9 Å². The minimum atomic E-state index is -0.432. The van der Waals surface area contributed by atoms with E-state index in [-0.39, 0.29) is 5.02 Å². The summed E-state index contributed by atoms with van der Waals surface area (Å²) in [6.45, 7) is 3.63. The average molecular weight is 481 g/mol. The van der Waals surface area contributed by atoms with Gasteiger partial charge in [0, 0.05) is 61.4 Å². The van der Waals surface area contributed by atoms with Crippen molar-refractivity contribution in [3.63, 3.8) is 0 Å². The number of anilines is 4. The molecule has 0 amide bonds. The molecule has 0 radical (unpaired) electrons. The molecule has 3 N–H and O–H groups in total. The van der Waals surface area contributed by atoms with Gasteiger partial charge in [-0.3, -0.25) is 0 Å². The molecule has 1 aromatic carbocycles. The Hall–Kier alpha value is -2.90. The highest BCUT2D eigenvalue weighted by molar-refractivity contribution is 6.31. The number of nitrogens with zero attached hydrogens (tertiary/aromatic N) is 3. The summed E-state index contributed by atoms with van der Waals surface area (Å²) in [6, 6.07) is 13.3. The number of aromatic nitrogens is 2. The van der Waals surface area contributed by atoms with Crippen molar-refractivity contribution >= 4 is 34.6 Å². The summed E-state index contributed by atoms with van der Waals surface area (Å²) < 4.78 is 13.6. The van der Waals surface area contributed by atoms with E-state index >= 15 is 0 Å². The lowest BCUT2D eigenvalue weighted by Crippen LogP contribution is -2.43. The Balaban J connectivity index is 1.46. The van der Waals surface area contributed by atoms with Crippen LogP contribution in [0.5, 0.6) is 0 Å². The molecule has 8 heteroatoms. The molecule has 6 nitrogen and oxygen atoms in total. The summed E-state index contributed by atoms with van der Waals surface area (Å²) in [5, 5.41) is 10.5. The zero-order chi connectivity index (χ0) is 23.3. The summed E-state index contributed by atoms with van der Waals surface area (Å²) >= 11 is 6.00. The zero-order valence-electron chi connectivity index (χ0n) is 19.2. The number of hydrogen-bond acceptors (Lipinski definition) is 6. The van der Waals surface area contributed by atoms with Gasteiger partial charge >= 0.3 is 0 Å². The first-order valence-electron chi connectivity index (χ1n) is 12.1. The monoisotopic (exact) mass is 480 g/mol. The van der Waals surface area contributed by atoms with E-state index in [4.69, 9.17) is 16.6 Å². The highest BCUT2D eigenvalue weighted by Crippen LogP contribution is 2.30. The maximum atomic E-state index is 13.6. The molecule has 0 spiro atoms. The molecule has 2 fully saturated rings. The quantitative estimate of drug-likeness (QED) is 0.412. The van der Waals surface area contributed by atoms with E-state index in [0.29, 0.717) is 6.04 Å². The third-order valence-electron chi connectivity index (χ3n) is 6.47. The second-order valence-corrected chi connectivity index (χ2v) is 9.41. The first kappa shape index (κ1) is 22.9. The molecule has 1 aliphatic heterocycles. The molecule has 34 heavy (non-hydrogen) atoms. The lowest BCUT2D eigenvalue weighted by atomic mass is 9.95. The molecule has 5 rings (SSSR count). The number of rotatable bonds is 6. The van der Waals surface area contributed by atoms with Crippen LogP contribution in [0, 0.1) is 5.82 Å². The van der Waals surface area contributed by atoms with E-state index in [1.54, 1.807) is 12.1 Å². The van der Waals surface area contributed by atoms with E-state index in [0.717, 1.165) is 60.4 Å². The largest absolute Gasteiger partial charge is 0.367 e. The standard InChI is InChI=1S/C26H30ClFN6/c27-22-15-20(6-7-23(22)28)31-21-16-24(33-26(17-21)34-12-10-29-11-13-34)18-8-9-30-25(14-18)32-19-4-2-1-3-5-19/h6-9,14-17,19,29H,1-5,10-13H2,(H,30,32)(H,31,33). The Labute approximate surface area is 205 Å². The van der Waals surface area contributed by atoms with E-state index in [1.165, 1.54) is 38.2 Å². The van der Waals surface area contributed by atoms with Crippen LogP contribution >= 0.6 is 11.6 Å². The van der Waals surface area contributed by atoms with Gasteiger partial charge in [-0.2, -0.15) is 0 Å². The zero-order valence-corrected chi connectivity index (χ0v) is 19.9. The molecule has 0 bridgehead atoms. The first-order valence-corrected chi connectivity index (χ1v) is 12.4. The fourth-order valence-electron chi connectivity index (χ4n) is 4.66. The van der Waals surface area contributed by atoms with Crippen molar-refractivity contribution in [3.8, 4) is 11.3 Å². The van der Waals surface area contributed by atoms with Gasteiger partial charge in [0.1, 0.15) is 17.5 Å². The molecule has 2 aromatic heterocycles. The predicted molar refractivity (Wildman–Crippen MR) is 138 cm³/mol.